The van der Waals surface area contributed by atoms with Crippen molar-refractivity contribution in [3.8, 4) is 0 Å². The minimum absolute atomic E-state index is 0.0404. The number of nitro benzene ring substituents is 1. The molecule has 4 N–H and O–H groups in total. The number of esters is 1. The maximum Gasteiger partial charge on any atom is 0.338 e. The molecule has 0 bridgehead atoms. The average Bonchev–Trinajstić information content (AvgIpc) is 2.58. The smallest absolute Gasteiger partial charge is 0.338 e. The van der Waals surface area contributed by atoms with Crippen LogP contribution in [0.1, 0.15) is 31.8 Å². The number of carbonyl (C=O) groups excluding carboxylic acids is 2. The Hall–Kier alpha value is -3.31. The first-order valence-electron chi connectivity index (χ1n) is 7.38. The second-order valence-corrected chi connectivity index (χ2v) is 7.12. The Labute approximate surface area is 153 Å². The van der Waals surface area contributed by atoms with E-state index in [2.05, 4.69) is 0 Å². The van der Waals surface area contributed by atoms with Crippen molar-refractivity contribution >= 4 is 27.6 Å². The van der Waals surface area contributed by atoms with Crippen LogP contribution in [-0.2, 0) is 21.4 Å². The summed E-state index contributed by atoms with van der Waals surface area (Å²) >= 11 is 0. The lowest BCUT2D eigenvalue weighted by atomic mass is 10.1. The number of amides is 1. The van der Waals surface area contributed by atoms with Gasteiger partial charge in [-0.2, -0.15) is 0 Å². The van der Waals surface area contributed by atoms with Crippen LogP contribution in [0.2, 0.25) is 0 Å². The summed E-state index contributed by atoms with van der Waals surface area (Å²) < 4.78 is 27.9. The minimum Gasteiger partial charge on any atom is -0.457 e. The summed E-state index contributed by atoms with van der Waals surface area (Å²) in [5.74, 6) is -1.72. The zero-order valence-corrected chi connectivity index (χ0v) is 14.9. The Kier molecular flexibility index (Phi) is 5.57. The van der Waals surface area contributed by atoms with Crippen LogP contribution in [0.3, 0.4) is 0 Å². The van der Waals surface area contributed by atoms with Crippen molar-refractivity contribution in [2.75, 3.05) is 0 Å². The van der Waals surface area contributed by atoms with Crippen molar-refractivity contribution in [3.63, 3.8) is 0 Å². The number of benzene rings is 2. The first-order valence-corrected chi connectivity index (χ1v) is 8.93. The van der Waals surface area contributed by atoms with Crippen molar-refractivity contribution in [1.82, 2.24) is 0 Å². The molecule has 0 fully saturated rings. The van der Waals surface area contributed by atoms with Gasteiger partial charge in [0.15, 0.2) is 0 Å². The maximum atomic E-state index is 12.3. The molecule has 2 aromatic carbocycles. The molecule has 0 aromatic heterocycles. The minimum atomic E-state index is -4.01. The van der Waals surface area contributed by atoms with Crippen molar-refractivity contribution in [1.29, 1.82) is 0 Å². The first kappa shape index (κ1) is 20.0. The Morgan fingerprint density at radius 3 is 2.41 bits per heavy atom. The quantitative estimate of drug-likeness (QED) is 0.418. The molecule has 27 heavy (non-hydrogen) atoms. The second-order valence-electron chi connectivity index (χ2n) is 5.56. The number of primary sulfonamides is 1. The number of hydrogen-bond donors (Lipinski definition) is 2. The van der Waals surface area contributed by atoms with Gasteiger partial charge in [-0.1, -0.05) is 6.07 Å². The highest BCUT2D eigenvalue weighted by molar-refractivity contribution is 7.89. The molecule has 2 aromatic rings. The van der Waals surface area contributed by atoms with Crippen LogP contribution in [0.25, 0.3) is 0 Å². The number of primary amides is 1. The summed E-state index contributed by atoms with van der Waals surface area (Å²) in [6.45, 7) is 1.10. The van der Waals surface area contributed by atoms with Gasteiger partial charge in [-0.05, 0) is 36.8 Å². The number of nitrogens with two attached hydrogens (primary N) is 2. The van der Waals surface area contributed by atoms with Crippen LogP contribution in [0.15, 0.2) is 41.3 Å². The van der Waals surface area contributed by atoms with Gasteiger partial charge in [0.25, 0.3) is 5.69 Å². The predicted molar refractivity (Wildman–Crippen MR) is 93.3 cm³/mol. The number of ether oxygens (including phenoxy) is 1. The number of hydrogen-bond acceptors (Lipinski definition) is 7. The normalized spacial score (nSPS) is 11.0. The van der Waals surface area contributed by atoms with E-state index in [1.165, 1.54) is 24.3 Å². The van der Waals surface area contributed by atoms with Gasteiger partial charge < -0.3 is 10.5 Å². The number of aryl methyl sites for hydroxylation is 1. The van der Waals surface area contributed by atoms with Gasteiger partial charge in [-0.3, -0.25) is 14.9 Å². The summed E-state index contributed by atoms with van der Waals surface area (Å²) in [5.41, 5.74) is 5.03. The summed E-state index contributed by atoms with van der Waals surface area (Å²) in [4.78, 5) is 33.6. The molecular weight excluding hydrogens is 378 g/mol. The molecule has 0 aliphatic carbocycles. The molecule has 0 saturated carbocycles. The fraction of sp³-hybridized carbons (Fsp3) is 0.125. The van der Waals surface area contributed by atoms with E-state index >= 15 is 0 Å². The zero-order valence-electron chi connectivity index (χ0n) is 14.0. The van der Waals surface area contributed by atoms with E-state index in [0.29, 0.717) is 5.56 Å². The predicted octanol–water partition coefficient (Wildman–Crippen LogP) is 1.01. The fourth-order valence-corrected chi connectivity index (χ4v) is 2.77. The first-order chi connectivity index (χ1) is 12.5. The van der Waals surface area contributed by atoms with Crippen LogP contribution < -0.4 is 10.9 Å². The van der Waals surface area contributed by atoms with Gasteiger partial charge in [0.1, 0.15) is 6.61 Å². The monoisotopic (exact) mass is 393 g/mol. The third kappa shape index (κ3) is 4.65. The lowest BCUT2D eigenvalue weighted by Crippen LogP contribution is -2.15. The molecule has 1 amide bonds. The van der Waals surface area contributed by atoms with E-state index < -0.39 is 39.1 Å². The summed E-state index contributed by atoms with van der Waals surface area (Å²) in [6, 6.07) is 7.20. The van der Waals surface area contributed by atoms with Gasteiger partial charge in [-0.15, -0.1) is 0 Å². The van der Waals surface area contributed by atoms with Crippen molar-refractivity contribution in [2.45, 2.75) is 18.4 Å². The lowest BCUT2D eigenvalue weighted by molar-refractivity contribution is -0.385. The molecule has 10 nitrogen and oxygen atoms in total. The van der Waals surface area contributed by atoms with Crippen molar-refractivity contribution in [2.24, 2.45) is 10.9 Å². The molecule has 142 valence electrons. The van der Waals surface area contributed by atoms with Crippen LogP contribution >= 0.6 is 0 Å². The number of sulfonamides is 1. The number of rotatable bonds is 6. The maximum absolute atomic E-state index is 12.3. The molecule has 0 radical (unpaired) electrons. The molecule has 0 aliphatic rings. The Morgan fingerprint density at radius 1 is 1.19 bits per heavy atom. The standard InChI is InChI=1S/C16H15N3O7S/c1-9-2-5-12(27(18,24)25)7-13(9)16(21)26-8-11-4-3-10(15(17)20)6-14(11)19(22)23/h2-7H,8H2,1H3,(H2,17,20)(H2,18,24,25). The van der Waals surface area contributed by atoms with Gasteiger partial charge in [-0.25, -0.2) is 18.4 Å². The molecule has 0 saturated heterocycles. The van der Waals surface area contributed by atoms with E-state index in [9.17, 15) is 28.1 Å². The summed E-state index contributed by atoms with van der Waals surface area (Å²) in [5, 5.41) is 16.2. The molecule has 2 rings (SSSR count). The Morgan fingerprint density at radius 2 is 1.85 bits per heavy atom. The highest BCUT2D eigenvalue weighted by Gasteiger charge is 2.20. The average molecular weight is 393 g/mol. The number of nitrogens with zero attached hydrogens (tertiary/aromatic N) is 1. The molecular formula is C16H15N3O7S. The topological polar surface area (TPSA) is 173 Å². The third-order valence-electron chi connectivity index (χ3n) is 3.68. The number of nitro groups is 1. The third-order valence-corrected chi connectivity index (χ3v) is 4.59. The summed E-state index contributed by atoms with van der Waals surface area (Å²) in [7, 11) is -4.01. The fourth-order valence-electron chi connectivity index (χ4n) is 2.23. The van der Waals surface area contributed by atoms with E-state index in [-0.39, 0.29) is 21.6 Å². The highest BCUT2D eigenvalue weighted by Crippen LogP contribution is 2.22. The second kappa shape index (κ2) is 7.51. The van der Waals surface area contributed by atoms with Gasteiger partial charge >= 0.3 is 5.97 Å². The van der Waals surface area contributed by atoms with Gasteiger partial charge in [0.05, 0.1) is 20.9 Å². The van der Waals surface area contributed by atoms with E-state index in [4.69, 9.17) is 15.6 Å². The van der Waals surface area contributed by atoms with Crippen LogP contribution in [-0.4, -0.2) is 25.2 Å². The van der Waals surface area contributed by atoms with Gasteiger partial charge in [0.2, 0.25) is 15.9 Å². The molecule has 11 heteroatoms. The number of carbonyl (C=O) groups is 2. The van der Waals surface area contributed by atoms with Crippen LogP contribution in [0.5, 0.6) is 0 Å². The van der Waals surface area contributed by atoms with Crippen molar-refractivity contribution < 1.29 is 27.7 Å². The van der Waals surface area contributed by atoms with Crippen molar-refractivity contribution in [3.05, 3.63) is 68.8 Å². The van der Waals surface area contributed by atoms with E-state index in [1.807, 2.05) is 0 Å². The molecule has 0 aliphatic heterocycles. The lowest BCUT2D eigenvalue weighted by Gasteiger charge is -2.09. The largest absolute Gasteiger partial charge is 0.457 e. The SMILES string of the molecule is Cc1ccc(S(N)(=O)=O)cc1C(=O)OCc1ccc(C(N)=O)cc1[N+](=O)[O-]. The highest BCUT2D eigenvalue weighted by atomic mass is 32.2. The Bertz CT molecular complexity index is 1050. The molecule has 0 atom stereocenters. The Balaban J connectivity index is 2.28. The molecule has 0 heterocycles. The zero-order chi connectivity index (χ0) is 20.4. The van der Waals surface area contributed by atoms with Crippen LogP contribution in [0, 0.1) is 17.0 Å². The van der Waals surface area contributed by atoms with Gasteiger partial charge in [0, 0.05) is 11.6 Å². The summed E-state index contributed by atoms with van der Waals surface area (Å²) in [6.07, 6.45) is 0. The molecule has 0 spiro atoms. The van der Waals surface area contributed by atoms with Crippen LogP contribution in [0.4, 0.5) is 5.69 Å². The molecule has 0 unspecified atom stereocenters. The van der Waals surface area contributed by atoms with E-state index in [0.717, 1.165) is 12.1 Å². The van der Waals surface area contributed by atoms with E-state index in [1.54, 1.807) is 6.92 Å².